The number of aromatic nitrogens is 4. The van der Waals surface area contributed by atoms with E-state index in [0.29, 0.717) is 23.0 Å². The molecule has 3 aromatic rings. The molecule has 1 amide bonds. The molecule has 2 aromatic heterocycles. The average Bonchev–Trinajstić information content (AvgIpc) is 3.40. The molecule has 6 rings (SSSR count). The SMILES string of the molecule is C[C@H](Cn1cc(Cl)cn1)c1nc2c3c(ccc2n1C1CCC2(CC1)CNC2)N(C(=O)O)[C@@H](C)CC3. The number of carboxylic acid groups (broad SMARTS) is 1. The van der Waals surface area contributed by atoms with Crippen molar-refractivity contribution in [3.63, 3.8) is 0 Å². The minimum atomic E-state index is -0.895. The maximum absolute atomic E-state index is 12.1. The van der Waals surface area contributed by atoms with E-state index in [1.165, 1.54) is 17.7 Å². The summed E-state index contributed by atoms with van der Waals surface area (Å²) in [6.45, 7) is 7.16. The number of amides is 1. The van der Waals surface area contributed by atoms with Crippen LogP contribution < -0.4 is 10.2 Å². The molecule has 1 aromatic carbocycles. The van der Waals surface area contributed by atoms with Gasteiger partial charge in [-0.2, -0.15) is 5.10 Å². The van der Waals surface area contributed by atoms with E-state index >= 15 is 0 Å². The second kappa shape index (κ2) is 8.52. The molecule has 0 bridgehead atoms. The molecular weight excluding hydrogens is 464 g/mol. The molecule has 9 heteroatoms. The Morgan fingerprint density at radius 2 is 2.06 bits per heavy atom. The number of rotatable bonds is 4. The van der Waals surface area contributed by atoms with Crippen molar-refractivity contribution in [1.29, 1.82) is 0 Å². The fraction of sp³-hybridized carbons (Fsp3) is 0.577. The zero-order valence-electron chi connectivity index (χ0n) is 20.4. The zero-order valence-corrected chi connectivity index (χ0v) is 21.1. The normalized spacial score (nSPS) is 22.8. The second-order valence-corrected chi connectivity index (χ2v) is 11.4. The molecule has 35 heavy (non-hydrogen) atoms. The molecule has 186 valence electrons. The Bertz CT molecular complexity index is 1270. The average molecular weight is 497 g/mol. The summed E-state index contributed by atoms with van der Waals surface area (Å²) in [5.74, 6) is 1.20. The van der Waals surface area contributed by atoms with E-state index in [1.54, 1.807) is 6.20 Å². The van der Waals surface area contributed by atoms with Gasteiger partial charge in [0, 0.05) is 42.9 Å². The van der Waals surface area contributed by atoms with Crippen molar-refractivity contribution in [2.75, 3.05) is 18.0 Å². The maximum atomic E-state index is 12.1. The van der Waals surface area contributed by atoms with E-state index in [2.05, 4.69) is 28.0 Å². The van der Waals surface area contributed by atoms with E-state index < -0.39 is 6.09 Å². The number of hydrogen-bond acceptors (Lipinski definition) is 4. The van der Waals surface area contributed by atoms with E-state index in [1.807, 2.05) is 23.9 Å². The molecule has 4 heterocycles. The third kappa shape index (κ3) is 3.82. The van der Waals surface area contributed by atoms with Crippen molar-refractivity contribution >= 4 is 34.4 Å². The number of aryl methyl sites for hydroxylation is 1. The maximum Gasteiger partial charge on any atom is 0.412 e. The number of carbonyl (C=O) groups is 1. The Hall–Kier alpha value is -2.58. The standard InChI is InChI=1S/C26H33ClN6O2/c1-16(12-31-13-18(27)11-29-31)24-30-23-20-4-3-17(2)32(25(34)35)21(20)5-6-22(23)33(24)19-7-9-26(10-8-19)14-28-15-26/h5-6,11,13,16-17,19,28H,3-4,7-10,12,14-15H2,1-2H3,(H,34,35)/t16-,17+/m1/s1. The van der Waals surface area contributed by atoms with Gasteiger partial charge in [-0.15, -0.1) is 0 Å². The Kier molecular flexibility index (Phi) is 5.56. The fourth-order valence-electron chi connectivity index (χ4n) is 6.54. The summed E-state index contributed by atoms with van der Waals surface area (Å²) in [5, 5.41) is 18.4. The molecule has 1 saturated carbocycles. The van der Waals surface area contributed by atoms with Gasteiger partial charge in [0.2, 0.25) is 0 Å². The van der Waals surface area contributed by atoms with Gasteiger partial charge in [-0.25, -0.2) is 9.78 Å². The highest BCUT2D eigenvalue weighted by atomic mass is 35.5. The van der Waals surface area contributed by atoms with Crippen molar-refractivity contribution in [1.82, 2.24) is 24.6 Å². The van der Waals surface area contributed by atoms with Crippen LogP contribution >= 0.6 is 11.6 Å². The lowest BCUT2D eigenvalue weighted by Crippen LogP contribution is -2.54. The summed E-state index contributed by atoms with van der Waals surface area (Å²) in [7, 11) is 0. The lowest BCUT2D eigenvalue weighted by molar-refractivity contribution is 0.0841. The summed E-state index contributed by atoms with van der Waals surface area (Å²) in [4.78, 5) is 18.8. The molecule has 0 radical (unpaired) electrons. The first-order valence-electron chi connectivity index (χ1n) is 12.8. The van der Waals surface area contributed by atoms with Crippen molar-refractivity contribution in [2.45, 2.75) is 76.9 Å². The van der Waals surface area contributed by atoms with Gasteiger partial charge in [-0.3, -0.25) is 9.58 Å². The van der Waals surface area contributed by atoms with Gasteiger partial charge >= 0.3 is 6.09 Å². The monoisotopic (exact) mass is 496 g/mol. The van der Waals surface area contributed by atoms with Crippen LogP contribution in [0.25, 0.3) is 11.0 Å². The van der Waals surface area contributed by atoms with Crippen LogP contribution in [0.3, 0.4) is 0 Å². The predicted octanol–water partition coefficient (Wildman–Crippen LogP) is 5.21. The van der Waals surface area contributed by atoms with Crippen molar-refractivity contribution in [3.05, 3.63) is 40.9 Å². The Balaban J connectivity index is 1.44. The number of nitrogens with zero attached hydrogens (tertiary/aromatic N) is 5. The van der Waals surface area contributed by atoms with Gasteiger partial charge in [-0.1, -0.05) is 18.5 Å². The van der Waals surface area contributed by atoms with Gasteiger partial charge in [0.15, 0.2) is 0 Å². The minimum absolute atomic E-state index is 0.0342. The number of fused-ring (bicyclic) bond motifs is 3. The number of imidazole rings is 1. The Morgan fingerprint density at radius 1 is 1.29 bits per heavy atom. The molecular formula is C26H33ClN6O2. The van der Waals surface area contributed by atoms with E-state index in [9.17, 15) is 9.90 Å². The van der Waals surface area contributed by atoms with Crippen LogP contribution in [0.2, 0.25) is 5.02 Å². The van der Waals surface area contributed by atoms with Crippen LogP contribution in [0.15, 0.2) is 24.5 Å². The van der Waals surface area contributed by atoms with Gasteiger partial charge in [0.25, 0.3) is 0 Å². The summed E-state index contributed by atoms with van der Waals surface area (Å²) >= 11 is 6.12. The lowest BCUT2D eigenvalue weighted by atomic mass is 9.68. The predicted molar refractivity (Wildman–Crippen MR) is 136 cm³/mol. The summed E-state index contributed by atoms with van der Waals surface area (Å²) in [6.07, 6.45) is 9.05. The highest BCUT2D eigenvalue weighted by Gasteiger charge is 2.41. The molecule has 0 unspecified atom stereocenters. The van der Waals surface area contributed by atoms with Crippen LogP contribution in [0.5, 0.6) is 0 Å². The number of nitrogens with one attached hydrogen (secondary N) is 1. The van der Waals surface area contributed by atoms with Gasteiger partial charge in [0.05, 0.1) is 34.5 Å². The highest BCUT2D eigenvalue weighted by molar-refractivity contribution is 6.30. The third-order valence-electron chi connectivity index (χ3n) is 8.57. The van der Waals surface area contributed by atoms with Gasteiger partial charge in [-0.05, 0) is 63.0 Å². The van der Waals surface area contributed by atoms with E-state index in [0.717, 1.165) is 66.9 Å². The third-order valence-corrected chi connectivity index (χ3v) is 8.77. The molecule has 2 fully saturated rings. The van der Waals surface area contributed by atoms with Crippen LogP contribution in [0.4, 0.5) is 10.5 Å². The topological polar surface area (TPSA) is 88.2 Å². The largest absolute Gasteiger partial charge is 0.465 e. The Morgan fingerprint density at radius 3 is 2.69 bits per heavy atom. The summed E-state index contributed by atoms with van der Waals surface area (Å²) in [6, 6.07) is 4.47. The first-order chi connectivity index (χ1) is 16.8. The van der Waals surface area contributed by atoms with Crippen LogP contribution in [0, 0.1) is 5.41 Å². The van der Waals surface area contributed by atoms with Crippen molar-refractivity contribution in [3.8, 4) is 0 Å². The molecule has 2 N–H and O–H groups in total. The number of benzene rings is 1. The van der Waals surface area contributed by atoms with Crippen LogP contribution in [-0.2, 0) is 13.0 Å². The molecule has 1 saturated heterocycles. The zero-order chi connectivity index (χ0) is 24.3. The van der Waals surface area contributed by atoms with Crippen molar-refractivity contribution < 1.29 is 9.90 Å². The number of anilines is 1. The summed E-state index contributed by atoms with van der Waals surface area (Å²) in [5.41, 5.74) is 4.44. The quantitative estimate of drug-likeness (QED) is 0.517. The fourth-order valence-corrected chi connectivity index (χ4v) is 6.70. The number of hydrogen-bond donors (Lipinski definition) is 2. The first-order valence-corrected chi connectivity index (χ1v) is 13.2. The molecule has 1 aliphatic carbocycles. The van der Waals surface area contributed by atoms with Gasteiger partial charge in [0.1, 0.15) is 5.82 Å². The minimum Gasteiger partial charge on any atom is -0.465 e. The smallest absolute Gasteiger partial charge is 0.412 e. The van der Waals surface area contributed by atoms with Gasteiger partial charge < -0.3 is 15.0 Å². The molecule has 8 nitrogen and oxygen atoms in total. The molecule has 2 aliphatic heterocycles. The van der Waals surface area contributed by atoms with Crippen LogP contribution in [-0.4, -0.2) is 49.7 Å². The first kappa shape index (κ1) is 22.9. The van der Waals surface area contributed by atoms with E-state index in [4.69, 9.17) is 16.6 Å². The molecule has 3 aliphatic rings. The Labute approximate surface area is 210 Å². The highest BCUT2D eigenvalue weighted by Crippen LogP contribution is 2.46. The molecule has 2 atom stereocenters. The number of halogens is 1. The van der Waals surface area contributed by atoms with E-state index in [-0.39, 0.29) is 12.0 Å². The van der Waals surface area contributed by atoms with Crippen molar-refractivity contribution in [2.24, 2.45) is 5.41 Å². The summed E-state index contributed by atoms with van der Waals surface area (Å²) < 4.78 is 4.36. The lowest BCUT2D eigenvalue weighted by Gasteiger charge is -2.48. The second-order valence-electron chi connectivity index (χ2n) is 10.9. The van der Waals surface area contributed by atoms with Crippen LogP contribution in [0.1, 0.15) is 69.3 Å². The molecule has 1 spiro atoms.